The molecule has 42 heavy (non-hydrogen) atoms. The lowest BCUT2D eigenvalue weighted by atomic mass is 9.92. The molecule has 1 fully saturated rings. The Balaban J connectivity index is 1.11. The fourth-order valence-corrected chi connectivity index (χ4v) is 7.47. The molecule has 1 saturated heterocycles. The fourth-order valence-electron chi connectivity index (χ4n) is 6.03. The monoisotopic (exact) mass is 602 g/mol. The summed E-state index contributed by atoms with van der Waals surface area (Å²) in [6.45, 7) is 9.25. The van der Waals surface area contributed by atoms with Gasteiger partial charge in [-0.1, -0.05) is 37.6 Å². The van der Waals surface area contributed by atoms with E-state index in [-0.39, 0.29) is 5.91 Å². The minimum absolute atomic E-state index is 0.0700. The van der Waals surface area contributed by atoms with Crippen LogP contribution in [0.15, 0.2) is 61.1 Å². The number of anilines is 2. The maximum absolute atomic E-state index is 13.0. The first kappa shape index (κ1) is 28.6. The van der Waals surface area contributed by atoms with Crippen LogP contribution >= 0.6 is 22.9 Å². The summed E-state index contributed by atoms with van der Waals surface area (Å²) in [5, 5.41) is 4.95. The molecule has 1 aromatic carbocycles. The summed E-state index contributed by atoms with van der Waals surface area (Å²) in [6, 6.07) is 11.3. The topological polar surface area (TPSA) is 83.5 Å². The molecule has 4 aromatic rings. The molecular weight excluding hydrogens is 568 g/mol. The number of carbonyl (C=O) groups is 1. The first-order chi connectivity index (χ1) is 20.4. The van der Waals surface area contributed by atoms with Gasteiger partial charge in [0.1, 0.15) is 29.3 Å². The van der Waals surface area contributed by atoms with Crippen LogP contribution < -0.4 is 10.1 Å². The van der Waals surface area contributed by atoms with Gasteiger partial charge in [-0.3, -0.25) is 14.7 Å². The van der Waals surface area contributed by atoms with Crippen LogP contribution in [0.3, 0.4) is 0 Å². The predicted molar refractivity (Wildman–Crippen MR) is 168 cm³/mol. The van der Waals surface area contributed by atoms with Crippen molar-refractivity contribution >= 4 is 50.6 Å². The van der Waals surface area contributed by atoms with Crippen molar-refractivity contribution in [2.75, 3.05) is 31.5 Å². The molecule has 2 aliphatic rings. The minimum Gasteiger partial charge on any atom is -0.486 e. The molecule has 0 aliphatic carbocycles. The number of rotatable bonds is 8. The normalized spacial score (nSPS) is 19.3. The highest BCUT2D eigenvalue weighted by molar-refractivity contribution is 7.19. The van der Waals surface area contributed by atoms with Gasteiger partial charge in [-0.05, 0) is 60.6 Å². The number of amides is 1. The van der Waals surface area contributed by atoms with E-state index >= 15 is 0 Å². The number of halogens is 1. The van der Waals surface area contributed by atoms with E-state index < -0.39 is 0 Å². The van der Waals surface area contributed by atoms with Crippen LogP contribution in [0.1, 0.15) is 36.4 Å². The van der Waals surface area contributed by atoms with Crippen LogP contribution in [0.25, 0.3) is 10.2 Å². The van der Waals surface area contributed by atoms with Crippen LogP contribution in [0.2, 0.25) is 5.02 Å². The third kappa shape index (κ3) is 6.59. The largest absolute Gasteiger partial charge is 0.486 e. The molecule has 2 aliphatic heterocycles. The summed E-state index contributed by atoms with van der Waals surface area (Å²) in [4.78, 5) is 32.9. The van der Waals surface area contributed by atoms with Crippen molar-refractivity contribution in [1.29, 1.82) is 0 Å². The Morgan fingerprint density at radius 2 is 2.02 bits per heavy atom. The molecule has 2 unspecified atom stereocenters. The number of hydrogen-bond donors (Lipinski definition) is 1. The van der Waals surface area contributed by atoms with E-state index in [2.05, 4.69) is 39.0 Å². The Morgan fingerprint density at radius 3 is 2.81 bits per heavy atom. The number of fused-ring (bicyclic) bond motifs is 3. The third-order valence-electron chi connectivity index (χ3n) is 7.81. The number of likely N-dealkylation sites (tertiary alicyclic amines) is 1. The minimum atomic E-state index is 0.0700. The lowest BCUT2D eigenvalue weighted by Gasteiger charge is -2.34. The number of benzene rings is 1. The van der Waals surface area contributed by atoms with Crippen molar-refractivity contribution in [1.82, 2.24) is 24.8 Å². The molecule has 2 atom stereocenters. The van der Waals surface area contributed by atoms with Gasteiger partial charge in [0, 0.05) is 49.0 Å². The van der Waals surface area contributed by atoms with Crippen molar-refractivity contribution in [2.24, 2.45) is 11.8 Å². The van der Waals surface area contributed by atoms with Gasteiger partial charge < -0.3 is 15.0 Å². The van der Waals surface area contributed by atoms with E-state index in [4.69, 9.17) is 16.3 Å². The number of nitrogens with one attached hydrogen (secondary N) is 1. The lowest BCUT2D eigenvalue weighted by Crippen LogP contribution is -2.39. The van der Waals surface area contributed by atoms with Gasteiger partial charge in [0.2, 0.25) is 5.91 Å². The molecule has 0 saturated carbocycles. The molecule has 1 N–H and O–H groups in total. The van der Waals surface area contributed by atoms with Gasteiger partial charge >= 0.3 is 0 Å². The van der Waals surface area contributed by atoms with E-state index in [0.717, 1.165) is 58.3 Å². The zero-order chi connectivity index (χ0) is 29.1. The van der Waals surface area contributed by atoms with Crippen LogP contribution in [-0.2, 0) is 24.4 Å². The molecule has 0 bridgehead atoms. The molecule has 8 nitrogen and oxygen atoms in total. The average molecular weight is 603 g/mol. The molecule has 3 aromatic heterocycles. The zero-order valence-corrected chi connectivity index (χ0v) is 25.5. The highest BCUT2D eigenvalue weighted by atomic mass is 35.5. The Hall–Kier alpha value is -3.53. The Labute approximate surface area is 255 Å². The van der Waals surface area contributed by atoms with Gasteiger partial charge in [-0.25, -0.2) is 9.97 Å². The number of nitrogens with zero attached hydrogens (tertiary/aromatic N) is 5. The second-order valence-corrected chi connectivity index (χ2v) is 12.9. The van der Waals surface area contributed by atoms with E-state index in [1.165, 1.54) is 12.0 Å². The molecule has 0 spiro atoms. The smallest absolute Gasteiger partial charge is 0.246 e. The second-order valence-electron chi connectivity index (χ2n) is 11.4. The molecule has 218 valence electrons. The van der Waals surface area contributed by atoms with E-state index in [0.29, 0.717) is 42.3 Å². The number of ether oxygens (including phenoxy) is 1. The summed E-state index contributed by atoms with van der Waals surface area (Å²) in [6.07, 6.45) is 9.15. The molecule has 5 heterocycles. The quantitative estimate of drug-likeness (QED) is 0.231. The number of aromatic nitrogens is 3. The Morgan fingerprint density at radius 1 is 1.17 bits per heavy atom. The zero-order valence-electron chi connectivity index (χ0n) is 23.9. The first-order valence-electron chi connectivity index (χ1n) is 14.4. The van der Waals surface area contributed by atoms with Gasteiger partial charge in [0.15, 0.2) is 0 Å². The predicted octanol–water partition coefficient (Wildman–Crippen LogP) is 6.48. The highest BCUT2D eigenvalue weighted by Gasteiger charge is 2.26. The van der Waals surface area contributed by atoms with Crippen LogP contribution in [0.5, 0.6) is 5.75 Å². The van der Waals surface area contributed by atoms with Crippen LogP contribution in [-0.4, -0.2) is 56.8 Å². The van der Waals surface area contributed by atoms with Gasteiger partial charge in [0.25, 0.3) is 0 Å². The number of hydrogen-bond acceptors (Lipinski definition) is 8. The summed E-state index contributed by atoms with van der Waals surface area (Å²) < 4.78 is 5.87. The Kier molecular flexibility index (Phi) is 8.69. The second kappa shape index (κ2) is 12.8. The third-order valence-corrected chi connectivity index (χ3v) is 9.23. The number of thiophene rings is 1. The van der Waals surface area contributed by atoms with E-state index in [1.54, 1.807) is 29.9 Å². The van der Waals surface area contributed by atoms with Crippen molar-refractivity contribution in [3.05, 3.63) is 82.2 Å². The lowest BCUT2D eigenvalue weighted by molar-refractivity contribution is -0.126. The Bertz CT molecular complexity index is 1580. The molecule has 10 heteroatoms. The summed E-state index contributed by atoms with van der Waals surface area (Å²) in [7, 11) is 0. The van der Waals surface area contributed by atoms with Crippen molar-refractivity contribution in [3.63, 3.8) is 0 Å². The average Bonchev–Trinajstić information content (AvgIpc) is 3.35. The van der Waals surface area contributed by atoms with Gasteiger partial charge in [-0.2, -0.15) is 0 Å². The molecule has 6 rings (SSSR count). The van der Waals surface area contributed by atoms with Crippen molar-refractivity contribution in [3.8, 4) is 5.75 Å². The molecule has 1 amide bonds. The summed E-state index contributed by atoms with van der Waals surface area (Å²) >= 11 is 8.18. The van der Waals surface area contributed by atoms with Crippen LogP contribution in [0.4, 0.5) is 11.5 Å². The van der Waals surface area contributed by atoms with Crippen LogP contribution in [0, 0.1) is 11.8 Å². The van der Waals surface area contributed by atoms with Gasteiger partial charge in [0.05, 0.1) is 22.6 Å². The number of piperidine rings is 1. The highest BCUT2D eigenvalue weighted by Crippen LogP contribution is 2.39. The summed E-state index contributed by atoms with van der Waals surface area (Å²) in [5.41, 5.74) is 2.85. The van der Waals surface area contributed by atoms with Crippen molar-refractivity contribution < 1.29 is 9.53 Å². The maximum atomic E-state index is 13.0. The maximum Gasteiger partial charge on any atom is 0.246 e. The molecule has 0 radical (unpaired) electrons. The summed E-state index contributed by atoms with van der Waals surface area (Å²) in [5.74, 6) is 2.82. The SMILES string of the molecule is CC1CC(C)CN(C/C=C/C(=O)N2CCc3c(sc4ncnc(Nc5ccc(OCc6ccccn6)c(Cl)c5)c34)C2)C1. The number of carbonyl (C=O) groups excluding carboxylic acids is 1. The van der Waals surface area contributed by atoms with Gasteiger partial charge in [-0.15, -0.1) is 11.3 Å². The van der Waals surface area contributed by atoms with E-state index in [9.17, 15) is 4.79 Å². The van der Waals surface area contributed by atoms with E-state index in [1.807, 2.05) is 47.4 Å². The van der Waals surface area contributed by atoms with Crippen molar-refractivity contribution in [2.45, 2.75) is 39.8 Å². The molecular formula is C32H35ClN6O2S. The number of pyridine rings is 1. The standard InChI is InChI=1S/C32H35ClN6O2S/c1-21-14-22(2)17-38(16-21)12-5-7-29(40)39-13-10-25-28(18-39)42-32-30(25)31(35-20-36-32)37-23-8-9-27(26(33)15-23)41-19-24-6-3-4-11-34-24/h3-9,11,15,20-22H,10,12-14,16-19H2,1-2H3,(H,35,36,37)/b7-5+. The first-order valence-corrected chi connectivity index (χ1v) is 15.6. The fraction of sp³-hybridized carbons (Fsp3) is 0.375.